The minimum absolute atomic E-state index is 0.126. The fourth-order valence-corrected chi connectivity index (χ4v) is 3.66. The van der Waals surface area contributed by atoms with Crippen LogP contribution in [0.1, 0.15) is 25.0 Å². The maximum Gasteiger partial charge on any atom is 0.326 e. The number of carboxylic acid groups (broad SMARTS) is 1. The number of imidazole rings is 1. The second kappa shape index (κ2) is 5.75. The lowest BCUT2D eigenvalue weighted by Crippen LogP contribution is -2.48. The van der Waals surface area contributed by atoms with E-state index in [0.29, 0.717) is 25.4 Å². The lowest BCUT2D eigenvalue weighted by molar-refractivity contribution is -0.142. The van der Waals surface area contributed by atoms with Crippen molar-refractivity contribution in [3.63, 3.8) is 0 Å². The van der Waals surface area contributed by atoms with E-state index in [1.165, 1.54) is 4.90 Å². The van der Waals surface area contributed by atoms with Crippen LogP contribution >= 0.6 is 0 Å². The number of aliphatic carboxylic acids is 1. The van der Waals surface area contributed by atoms with Crippen LogP contribution in [0.2, 0.25) is 0 Å². The molecule has 2 aliphatic rings. The van der Waals surface area contributed by atoms with E-state index < -0.39 is 12.0 Å². The van der Waals surface area contributed by atoms with Gasteiger partial charge in [-0.15, -0.1) is 0 Å². The van der Waals surface area contributed by atoms with Gasteiger partial charge < -0.3 is 20.3 Å². The molecule has 2 heterocycles. The Balaban J connectivity index is 1.57. The normalized spacial score (nSPS) is 27.6. The van der Waals surface area contributed by atoms with Gasteiger partial charge in [0.05, 0.1) is 6.33 Å². The molecule has 21 heavy (non-hydrogen) atoms. The summed E-state index contributed by atoms with van der Waals surface area (Å²) in [5.74, 6) is -0.404. The molecule has 2 fully saturated rings. The Hall–Kier alpha value is -2.05. The van der Waals surface area contributed by atoms with Crippen LogP contribution in [-0.4, -0.2) is 51.1 Å². The minimum Gasteiger partial charge on any atom is -0.480 e. The molecule has 114 valence electrons. The van der Waals surface area contributed by atoms with E-state index in [0.717, 1.165) is 25.0 Å². The molecule has 1 aliphatic heterocycles. The molecule has 0 spiro atoms. The van der Waals surface area contributed by atoms with Crippen molar-refractivity contribution in [1.29, 1.82) is 0 Å². The first-order valence-electron chi connectivity index (χ1n) is 7.41. The summed E-state index contributed by atoms with van der Waals surface area (Å²) < 4.78 is 0. The second-order valence-corrected chi connectivity index (χ2v) is 5.85. The molecule has 3 unspecified atom stereocenters. The minimum atomic E-state index is -0.881. The van der Waals surface area contributed by atoms with Crippen molar-refractivity contribution in [3.8, 4) is 0 Å². The zero-order chi connectivity index (χ0) is 14.8. The van der Waals surface area contributed by atoms with E-state index in [1.54, 1.807) is 12.5 Å². The van der Waals surface area contributed by atoms with Crippen LogP contribution in [0.15, 0.2) is 12.5 Å². The molecular formula is C14H20N4O3. The summed E-state index contributed by atoms with van der Waals surface area (Å²) in [5.41, 5.74) is 0.948. The smallest absolute Gasteiger partial charge is 0.326 e. The quantitative estimate of drug-likeness (QED) is 0.766. The van der Waals surface area contributed by atoms with Crippen molar-refractivity contribution in [3.05, 3.63) is 18.2 Å². The van der Waals surface area contributed by atoms with Crippen molar-refractivity contribution in [2.45, 2.75) is 31.7 Å². The zero-order valence-corrected chi connectivity index (χ0v) is 11.8. The Labute approximate surface area is 122 Å². The van der Waals surface area contributed by atoms with Gasteiger partial charge in [0.25, 0.3) is 0 Å². The van der Waals surface area contributed by atoms with Crippen LogP contribution in [0.5, 0.6) is 0 Å². The molecule has 0 bridgehead atoms. The number of nitrogens with one attached hydrogen (secondary N) is 2. The van der Waals surface area contributed by atoms with Crippen molar-refractivity contribution in [2.24, 2.45) is 11.8 Å². The van der Waals surface area contributed by atoms with E-state index in [1.807, 2.05) is 0 Å². The first-order chi connectivity index (χ1) is 10.2. The SMILES string of the molecule is O=C(O)C1C2CCCC2CN1C(=O)NCCc1cnc[nH]1. The fraction of sp³-hybridized carbons (Fsp3) is 0.643. The summed E-state index contributed by atoms with van der Waals surface area (Å²) >= 11 is 0. The molecule has 7 heteroatoms. The molecule has 3 N–H and O–H groups in total. The summed E-state index contributed by atoms with van der Waals surface area (Å²) in [7, 11) is 0. The van der Waals surface area contributed by atoms with E-state index >= 15 is 0 Å². The molecule has 3 rings (SSSR count). The maximum atomic E-state index is 12.2. The number of fused-ring (bicyclic) bond motifs is 1. The van der Waals surface area contributed by atoms with E-state index in [-0.39, 0.29) is 11.9 Å². The first-order valence-corrected chi connectivity index (χ1v) is 7.41. The number of urea groups is 1. The number of nitrogens with zero attached hydrogens (tertiary/aromatic N) is 2. The van der Waals surface area contributed by atoms with E-state index in [4.69, 9.17) is 0 Å². The Morgan fingerprint density at radius 2 is 2.33 bits per heavy atom. The van der Waals surface area contributed by atoms with Gasteiger partial charge >= 0.3 is 12.0 Å². The van der Waals surface area contributed by atoms with Crippen molar-refractivity contribution >= 4 is 12.0 Å². The highest BCUT2D eigenvalue weighted by atomic mass is 16.4. The van der Waals surface area contributed by atoms with Crippen LogP contribution in [0.4, 0.5) is 4.79 Å². The summed E-state index contributed by atoms with van der Waals surface area (Å²) in [6.07, 6.45) is 7.00. The van der Waals surface area contributed by atoms with Crippen LogP contribution in [-0.2, 0) is 11.2 Å². The standard InChI is InChI=1S/C14H20N4O3/c19-13(20)12-11-3-1-2-9(11)7-18(12)14(21)16-5-4-10-6-15-8-17-10/h6,8-9,11-12H,1-5,7H2,(H,15,17)(H,16,21)(H,19,20). The molecule has 1 saturated carbocycles. The fourth-order valence-electron chi connectivity index (χ4n) is 3.66. The van der Waals surface area contributed by atoms with Gasteiger partial charge in [-0.3, -0.25) is 0 Å². The summed E-state index contributed by atoms with van der Waals surface area (Å²) in [5, 5.41) is 12.2. The highest BCUT2D eigenvalue weighted by Gasteiger charge is 2.49. The predicted octanol–water partition coefficient (Wildman–Crippen LogP) is 0.847. The summed E-state index contributed by atoms with van der Waals surface area (Å²) in [6, 6.07) is -0.930. The molecule has 0 aromatic carbocycles. The molecule has 3 atom stereocenters. The number of carboxylic acids is 1. The Morgan fingerprint density at radius 1 is 1.48 bits per heavy atom. The highest BCUT2D eigenvalue weighted by molar-refractivity contribution is 5.83. The van der Waals surface area contributed by atoms with Crippen molar-refractivity contribution < 1.29 is 14.7 Å². The lowest BCUT2D eigenvalue weighted by atomic mass is 9.94. The third-order valence-corrected chi connectivity index (χ3v) is 4.63. The summed E-state index contributed by atoms with van der Waals surface area (Å²) in [6.45, 7) is 1.04. The largest absolute Gasteiger partial charge is 0.480 e. The van der Waals surface area contributed by atoms with Crippen molar-refractivity contribution in [1.82, 2.24) is 20.2 Å². The topological polar surface area (TPSA) is 98.3 Å². The number of amides is 2. The van der Waals surface area contributed by atoms with Gasteiger partial charge in [-0.1, -0.05) is 6.42 Å². The van der Waals surface area contributed by atoms with Crippen LogP contribution < -0.4 is 5.32 Å². The number of rotatable bonds is 4. The number of hydrogen-bond acceptors (Lipinski definition) is 3. The molecule has 1 aliphatic carbocycles. The van der Waals surface area contributed by atoms with Gasteiger partial charge in [0, 0.05) is 31.4 Å². The molecule has 0 radical (unpaired) electrons. The maximum absolute atomic E-state index is 12.2. The number of aromatic amines is 1. The third-order valence-electron chi connectivity index (χ3n) is 4.63. The molecule has 1 aromatic heterocycles. The van der Waals surface area contributed by atoms with Crippen molar-refractivity contribution in [2.75, 3.05) is 13.1 Å². The van der Waals surface area contributed by atoms with Gasteiger partial charge in [0.15, 0.2) is 0 Å². The highest BCUT2D eigenvalue weighted by Crippen LogP contribution is 2.42. The number of hydrogen-bond donors (Lipinski definition) is 3. The molecular weight excluding hydrogens is 272 g/mol. The van der Waals surface area contributed by atoms with Gasteiger partial charge in [0.1, 0.15) is 6.04 Å². The van der Waals surface area contributed by atoms with E-state index in [9.17, 15) is 14.7 Å². The average Bonchev–Trinajstić information content (AvgIpc) is 3.13. The number of carbonyl (C=O) groups is 2. The third kappa shape index (κ3) is 2.72. The zero-order valence-electron chi connectivity index (χ0n) is 11.8. The second-order valence-electron chi connectivity index (χ2n) is 5.85. The molecule has 1 aromatic rings. The van der Waals surface area contributed by atoms with Crippen LogP contribution in [0, 0.1) is 11.8 Å². The molecule has 1 saturated heterocycles. The van der Waals surface area contributed by atoms with Gasteiger partial charge in [-0.2, -0.15) is 0 Å². The molecule has 7 nitrogen and oxygen atoms in total. The van der Waals surface area contributed by atoms with Gasteiger partial charge in [-0.25, -0.2) is 14.6 Å². The van der Waals surface area contributed by atoms with Crippen LogP contribution in [0.3, 0.4) is 0 Å². The first kappa shape index (κ1) is 13.9. The number of aromatic nitrogens is 2. The number of likely N-dealkylation sites (tertiary alicyclic amines) is 1. The number of carbonyl (C=O) groups excluding carboxylic acids is 1. The Kier molecular flexibility index (Phi) is 3.81. The Bertz CT molecular complexity index is 516. The lowest BCUT2D eigenvalue weighted by Gasteiger charge is -2.24. The van der Waals surface area contributed by atoms with E-state index in [2.05, 4.69) is 15.3 Å². The Morgan fingerprint density at radius 3 is 3.05 bits per heavy atom. The summed E-state index contributed by atoms with van der Waals surface area (Å²) in [4.78, 5) is 32.1. The van der Waals surface area contributed by atoms with Crippen LogP contribution in [0.25, 0.3) is 0 Å². The van der Waals surface area contributed by atoms with Gasteiger partial charge in [0.2, 0.25) is 0 Å². The molecule has 2 amide bonds. The number of H-pyrrole nitrogens is 1. The van der Waals surface area contributed by atoms with Gasteiger partial charge in [-0.05, 0) is 24.7 Å². The average molecular weight is 292 g/mol. The monoisotopic (exact) mass is 292 g/mol. The predicted molar refractivity (Wildman–Crippen MR) is 74.7 cm³/mol.